The number of rotatable bonds is 5. The van der Waals surface area contributed by atoms with Gasteiger partial charge in [0.05, 0.1) is 24.1 Å². The summed E-state index contributed by atoms with van der Waals surface area (Å²) in [7, 11) is 0. The average molecular weight is 475 g/mol. The zero-order valence-corrected chi connectivity index (χ0v) is 19.5. The zero-order chi connectivity index (χ0) is 25.4. The molecule has 7 nitrogen and oxygen atoms in total. The largest absolute Gasteiger partial charge is 0.489 e. The molecule has 2 aliphatic rings. The van der Waals surface area contributed by atoms with Crippen molar-refractivity contribution in [1.82, 2.24) is 0 Å². The maximum absolute atomic E-state index is 10.4. The second-order valence-corrected chi connectivity index (χ2v) is 8.98. The summed E-state index contributed by atoms with van der Waals surface area (Å²) in [6.07, 6.45) is -1.19. The lowest BCUT2D eigenvalue weighted by Crippen LogP contribution is -2.57. The van der Waals surface area contributed by atoms with Gasteiger partial charge in [-0.25, -0.2) is 0 Å². The highest BCUT2D eigenvalue weighted by Crippen LogP contribution is 2.69. The summed E-state index contributed by atoms with van der Waals surface area (Å²) in [5.41, 5.74) is -1.82. The molecular formula is C29H22N4O3. The third kappa shape index (κ3) is 3.02. The van der Waals surface area contributed by atoms with Crippen LogP contribution in [0.15, 0.2) is 84.9 Å². The number of hydrogen-bond donors (Lipinski definition) is 1. The van der Waals surface area contributed by atoms with Crippen molar-refractivity contribution in [2.75, 3.05) is 0 Å². The van der Waals surface area contributed by atoms with Gasteiger partial charge in [0.15, 0.2) is 5.41 Å². The molecule has 3 aromatic carbocycles. The summed E-state index contributed by atoms with van der Waals surface area (Å²) >= 11 is 0. The smallest absolute Gasteiger partial charge is 0.244 e. The Balaban J connectivity index is 1.63. The van der Waals surface area contributed by atoms with E-state index >= 15 is 0 Å². The first-order valence-corrected chi connectivity index (χ1v) is 11.5. The van der Waals surface area contributed by atoms with E-state index < -0.39 is 34.5 Å². The Kier molecular flexibility index (Phi) is 5.48. The van der Waals surface area contributed by atoms with Gasteiger partial charge >= 0.3 is 0 Å². The lowest BCUT2D eigenvalue weighted by atomic mass is 9.53. The predicted octanol–water partition coefficient (Wildman–Crippen LogP) is 5.38. The third-order valence-corrected chi connectivity index (χ3v) is 7.25. The molecule has 0 spiro atoms. The van der Waals surface area contributed by atoms with Gasteiger partial charge in [-0.15, -0.1) is 0 Å². The first-order valence-electron chi connectivity index (χ1n) is 11.5. The summed E-state index contributed by atoms with van der Waals surface area (Å²) in [5.74, 6) is -2.25. The van der Waals surface area contributed by atoms with E-state index in [2.05, 4.69) is 18.2 Å². The molecule has 2 saturated heterocycles. The van der Waals surface area contributed by atoms with Crippen molar-refractivity contribution in [2.24, 2.45) is 16.7 Å². The van der Waals surface area contributed by atoms with Crippen LogP contribution in [0.4, 0.5) is 0 Å². The Bertz CT molecular complexity index is 1420. The van der Waals surface area contributed by atoms with Gasteiger partial charge < -0.3 is 14.2 Å². The Morgan fingerprint density at radius 2 is 1.56 bits per heavy atom. The maximum Gasteiger partial charge on any atom is 0.244 e. The Morgan fingerprint density at radius 1 is 0.889 bits per heavy atom. The van der Waals surface area contributed by atoms with Crippen LogP contribution < -0.4 is 4.74 Å². The average Bonchev–Trinajstić information content (AvgIpc) is 3.09. The molecule has 176 valence electrons. The second kappa shape index (κ2) is 8.54. The minimum Gasteiger partial charge on any atom is -0.489 e. The monoisotopic (exact) mass is 474 g/mol. The molecule has 0 saturated carbocycles. The van der Waals surface area contributed by atoms with E-state index in [1.165, 1.54) is 0 Å². The number of hydrogen-bond acceptors (Lipinski definition) is 7. The SMILES string of the molecule is CC1C2(c3ccccc3)OC(=N)C1(C#N)C(C#N)(C#N)C(c1cccc(OCc3ccccc3)c1)O2. The van der Waals surface area contributed by atoms with Gasteiger partial charge in [-0.1, -0.05) is 79.7 Å². The Morgan fingerprint density at radius 3 is 2.19 bits per heavy atom. The van der Waals surface area contributed by atoms with Crippen molar-refractivity contribution < 1.29 is 14.2 Å². The van der Waals surface area contributed by atoms with Crippen LogP contribution in [-0.4, -0.2) is 5.90 Å². The molecule has 4 unspecified atom stereocenters. The van der Waals surface area contributed by atoms with E-state index in [4.69, 9.17) is 19.6 Å². The van der Waals surface area contributed by atoms with Crippen molar-refractivity contribution in [2.45, 2.75) is 25.4 Å². The first-order chi connectivity index (χ1) is 17.5. The highest BCUT2D eigenvalue weighted by atomic mass is 16.7. The van der Waals surface area contributed by atoms with Crippen molar-refractivity contribution in [1.29, 1.82) is 21.2 Å². The van der Waals surface area contributed by atoms with Gasteiger partial charge in [-0.05, 0) is 23.3 Å². The number of ether oxygens (including phenoxy) is 3. The fourth-order valence-corrected chi connectivity index (χ4v) is 5.35. The molecule has 0 aliphatic carbocycles. The van der Waals surface area contributed by atoms with E-state index in [1.807, 2.05) is 48.5 Å². The number of nitriles is 3. The fraction of sp³-hybridized carbons (Fsp3) is 0.241. The van der Waals surface area contributed by atoms with E-state index in [9.17, 15) is 15.8 Å². The van der Waals surface area contributed by atoms with Crippen LogP contribution in [0, 0.1) is 56.2 Å². The van der Waals surface area contributed by atoms with Crippen LogP contribution in [0.1, 0.15) is 29.7 Å². The van der Waals surface area contributed by atoms with Crippen molar-refractivity contribution in [3.05, 3.63) is 102 Å². The number of fused-ring (bicyclic) bond motifs is 2. The Labute approximate surface area is 209 Å². The maximum atomic E-state index is 10.4. The van der Waals surface area contributed by atoms with Crippen LogP contribution >= 0.6 is 0 Å². The first kappa shape index (κ1) is 23.1. The molecule has 0 radical (unpaired) electrons. The summed E-state index contributed by atoms with van der Waals surface area (Å²) in [6.45, 7) is 2.02. The normalized spacial score (nSPS) is 27.7. The van der Waals surface area contributed by atoms with E-state index in [1.54, 1.807) is 43.3 Å². The third-order valence-electron chi connectivity index (χ3n) is 7.25. The van der Waals surface area contributed by atoms with Gasteiger partial charge in [0.1, 0.15) is 18.5 Å². The quantitative estimate of drug-likeness (QED) is 0.530. The molecule has 0 aromatic heterocycles. The van der Waals surface area contributed by atoms with E-state index in [0.717, 1.165) is 5.56 Å². The number of nitrogens with zero attached hydrogens (tertiary/aromatic N) is 3. The summed E-state index contributed by atoms with van der Waals surface area (Å²) < 4.78 is 18.5. The minimum absolute atomic E-state index is 0.332. The molecule has 5 rings (SSSR count). The summed E-state index contributed by atoms with van der Waals surface area (Å²) in [4.78, 5) is 0. The molecule has 2 fully saturated rings. The van der Waals surface area contributed by atoms with Crippen molar-refractivity contribution >= 4 is 5.90 Å². The van der Waals surface area contributed by atoms with Gasteiger partial charge in [-0.3, -0.25) is 5.41 Å². The minimum atomic E-state index is -2.04. The van der Waals surface area contributed by atoms with Crippen molar-refractivity contribution in [3.63, 3.8) is 0 Å². The van der Waals surface area contributed by atoms with Gasteiger partial charge in [0, 0.05) is 5.56 Å². The van der Waals surface area contributed by atoms with Crippen LogP contribution in [0.5, 0.6) is 5.75 Å². The molecule has 1 N–H and O–H groups in total. The standard InChI is InChI=1S/C29H22N4O3/c1-20-28(19-32)26(33)36-29(20,23-12-6-3-7-13-23)35-25(27(28,17-30)18-31)22-11-8-14-24(15-22)34-16-21-9-4-2-5-10-21/h2-15,20,25,33H,16H2,1H3. The summed E-state index contributed by atoms with van der Waals surface area (Å²) in [6, 6.07) is 32.0. The molecule has 2 aliphatic heterocycles. The summed E-state index contributed by atoms with van der Waals surface area (Å²) in [5, 5.41) is 40.0. The van der Waals surface area contributed by atoms with Crippen LogP contribution in [-0.2, 0) is 21.9 Å². The molecule has 2 bridgehead atoms. The molecule has 3 aromatic rings. The number of nitrogens with one attached hydrogen (secondary N) is 1. The molecule has 36 heavy (non-hydrogen) atoms. The van der Waals surface area contributed by atoms with Gasteiger partial charge in [-0.2, -0.15) is 15.8 Å². The van der Waals surface area contributed by atoms with Crippen LogP contribution in [0.2, 0.25) is 0 Å². The molecule has 2 heterocycles. The fourth-order valence-electron chi connectivity index (χ4n) is 5.35. The van der Waals surface area contributed by atoms with Gasteiger partial charge in [0.2, 0.25) is 17.1 Å². The predicted molar refractivity (Wildman–Crippen MR) is 129 cm³/mol. The zero-order valence-electron chi connectivity index (χ0n) is 19.5. The van der Waals surface area contributed by atoms with Gasteiger partial charge in [0.25, 0.3) is 0 Å². The van der Waals surface area contributed by atoms with Crippen LogP contribution in [0.25, 0.3) is 0 Å². The number of benzene rings is 3. The highest BCUT2D eigenvalue weighted by Gasteiger charge is 2.79. The lowest BCUT2D eigenvalue weighted by Gasteiger charge is -2.48. The van der Waals surface area contributed by atoms with Crippen molar-refractivity contribution in [3.8, 4) is 24.0 Å². The Hall–Kier alpha value is -4.64. The topological polar surface area (TPSA) is 123 Å². The molecular weight excluding hydrogens is 452 g/mol. The second-order valence-electron chi connectivity index (χ2n) is 8.98. The van der Waals surface area contributed by atoms with E-state index in [0.29, 0.717) is 23.5 Å². The molecule has 4 atom stereocenters. The highest BCUT2D eigenvalue weighted by molar-refractivity contribution is 5.89. The lowest BCUT2D eigenvalue weighted by molar-refractivity contribution is -0.288. The van der Waals surface area contributed by atoms with Crippen LogP contribution in [0.3, 0.4) is 0 Å². The molecule has 0 amide bonds. The van der Waals surface area contributed by atoms with E-state index in [-0.39, 0.29) is 0 Å². The molecule has 7 heteroatoms.